The lowest BCUT2D eigenvalue weighted by atomic mass is 10.1. The van der Waals surface area contributed by atoms with E-state index in [4.69, 9.17) is 4.74 Å². The van der Waals surface area contributed by atoms with Crippen LogP contribution in [0.4, 0.5) is 23.4 Å². The molecule has 158 valence electrons. The molecule has 1 N–H and O–H groups in total. The summed E-state index contributed by atoms with van der Waals surface area (Å²) >= 11 is 0. The molecule has 0 saturated heterocycles. The molecule has 4 aromatic rings. The van der Waals surface area contributed by atoms with Crippen LogP contribution in [0.2, 0.25) is 0 Å². The Labute approximate surface area is 173 Å². The zero-order valence-corrected chi connectivity index (χ0v) is 15.9. The Morgan fingerprint density at radius 3 is 2.71 bits per heavy atom. The molecule has 0 fully saturated rings. The number of halogens is 4. The maximum absolute atomic E-state index is 13.7. The number of aromatic nitrogens is 4. The Hall–Kier alpha value is -4.02. The first-order valence-corrected chi connectivity index (χ1v) is 8.86. The number of methoxy groups -OCH3 is 1. The summed E-state index contributed by atoms with van der Waals surface area (Å²) in [6, 6.07) is 9.78. The van der Waals surface area contributed by atoms with Gasteiger partial charge in [0.1, 0.15) is 17.9 Å². The van der Waals surface area contributed by atoms with Crippen LogP contribution in [0, 0.1) is 5.82 Å². The van der Waals surface area contributed by atoms with E-state index in [9.17, 15) is 17.6 Å². The number of hydrazone groups is 1. The topological polar surface area (TPSA) is 77.2 Å². The normalized spacial score (nSPS) is 11.9. The van der Waals surface area contributed by atoms with Crippen LogP contribution in [0.15, 0.2) is 60.1 Å². The fourth-order valence-corrected chi connectivity index (χ4v) is 2.87. The highest BCUT2D eigenvalue weighted by molar-refractivity contribution is 5.88. The number of benzene rings is 2. The average Bonchev–Trinajstić information content (AvgIpc) is 3.18. The highest BCUT2D eigenvalue weighted by Gasteiger charge is 2.33. The van der Waals surface area contributed by atoms with Gasteiger partial charge in [0.15, 0.2) is 11.5 Å². The van der Waals surface area contributed by atoms with Gasteiger partial charge in [-0.2, -0.15) is 23.4 Å². The van der Waals surface area contributed by atoms with Crippen LogP contribution < -0.4 is 10.2 Å². The summed E-state index contributed by atoms with van der Waals surface area (Å²) in [4.78, 5) is 8.35. The maximum Gasteiger partial charge on any atom is 0.419 e. The van der Waals surface area contributed by atoms with Crippen LogP contribution in [0.3, 0.4) is 0 Å². The quantitative estimate of drug-likeness (QED) is 0.288. The second-order valence-electron chi connectivity index (χ2n) is 6.32. The molecule has 0 bridgehead atoms. The first-order valence-electron chi connectivity index (χ1n) is 8.86. The summed E-state index contributed by atoms with van der Waals surface area (Å²) in [7, 11) is 1.56. The van der Waals surface area contributed by atoms with Gasteiger partial charge >= 0.3 is 6.18 Å². The summed E-state index contributed by atoms with van der Waals surface area (Å²) in [6.07, 6.45) is -0.710. The van der Waals surface area contributed by atoms with Crippen molar-refractivity contribution in [3.8, 4) is 11.4 Å². The van der Waals surface area contributed by atoms with Gasteiger partial charge in [0.2, 0.25) is 0 Å². The number of anilines is 1. The fraction of sp³-hybridized carbons (Fsp3) is 0.100. The first-order chi connectivity index (χ1) is 14.9. The second-order valence-corrected chi connectivity index (χ2v) is 6.32. The SMILES string of the molecule is COc1cccc(-n2ncc3c(NN=Cc4ccc(C(F)(F)F)c(F)c4)ncnc32)c1. The van der Waals surface area contributed by atoms with Crippen LogP contribution in [-0.2, 0) is 6.18 Å². The van der Waals surface area contributed by atoms with Crippen LogP contribution >= 0.6 is 0 Å². The molecule has 2 heterocycles. The van der Waals surface area contributed by atoms with E-state index in [1.807, 2.05) is 12.1 Å². The van der Waals surface area contributed by atoms with Gasteiger partial charge in [0.25, 0.3) is 0 Å². The third kappa shape index (κ3) is 4.15. The van der Waals surface area contributed by atoms with Gasteiger partial charge in [0, 0.05) is 6.07 Å². The number of fused-ring (bicyclic) bond motifs is 1. The van der Waals surface area contributed by atoms with Gasteiger partial charge in [-0.1, -0.05) is 12.1 Å². The smallest absolute Gasteiger partial charge is 0.419 e. The molecule has 0 radical (unpaired) electrons. The summed E-state index contributed by atoms with van der Waals surface area (Å²) in [6.45, 7) is 0. The molecule has 0 aliphatic carbocycles. The van der Waals surface area contributed by atoms with Crippen molar-refractivity contribution in [1.29, 1.82) is 0 Å². The van der Waals surface area contributed by atoms with E-state index in [-0.39, 0.29) is 5.56 Å². The third-order valence-electron chi connectivity index (χ3n) is 4.35. The molecule has 0 aliphatic rings. The van der Waals surface area contributed by atoms with Gasteiger partial charge in [-0.3, -0.25) is 5.43 Å². The highest BCUT2D eigenvalue weighted by Crippen LogP contribution is 2.31. The minimum absolute atomic E-state index is 0.148. The van der Waals surface area contributed by atoms with Crippen molar-refractivity contribution in [3.05, 3.63) is 71.9 Å². The standard InChI is InChI=1S/C20H14F4N6O/c1-31-14-4-2-3-13(8-14)30-19-15(10-28-30)18(25-11-26-19)29-27-9-12-5-6-16(17(21)7-12)20(22,23)24/h2-11H,1H3,(H,25,26,29). The molecular formula is C20H14F4N6O. The lowest BCUT2D eigenvalue weighted by Gasteiger charge is -2.07. The Balaban J connectivity index is 1.58. The number of ether oxygens (including phenoxy) is 1. The van der Waals surface area contributed by atoms with Crippen LogP contribution in [0.5, 0.6) is 5.75 Å². The molecule has 0 saturated carbocycles. The third-order valence-corrected chi connectivity index (χ3v) is 4.35. The Bertz CT molecular complexity index is 1270. The summed E-state index contributed by atoms with van der Waals surface area (Å²) in [5.41, 5.74) is 2.72. The molecule has 0 unspecified atom stereocenters. The van der Waals surface area contributed by atoms with Crippen molar-refractivity contribution in [3.63, 3.8) is 0 Å². The maximum atomic E-state index is 13.7. The van der Waals surface area contributed by atoms with Gasteiger partial charge in [-0.25, -0.2) is 19.0 Å². The minimum atomic E-state index is -4.76. The number of rotatable bonds is 5. The molecule has 2 aromatic carbocycles. The summed E-state index contributed by atoms with van der Waals surface area (Å²) in [5, 5.41) is 8.81. The number of hydrogen-bond acceptors (Lipinski definition) is 6. The van der Waals surface area contributed by atoms with E-state index in [0.29, 0.717) is 28.7 Å². The number of nitrogens with one attached hydrogen (secondary N) is 1. The van der Waals surface area contributed by atoms with Crippen LogP contribution in [-0.4, -0.2) is 33.1 Å². The molecule has 2 aromatic heterocycles. The first kappa shape index (κ1) is 20.3. The zero-order chi connectivity index (χ0) is 22.0. The van der Waals surface area contributed by atoms with Crippen LogP contribution in [0.1, 0.15) is 11.1 Å². The molecule has 31 heavy (non-hydrogen) atoms. The Morgan fingerprint density at radius 1 is 1.13 bits per heavy atom. The predicted molar refractivity (Wildman–Crippen MR) is 106 cm³/mol. The van der Waals surface area contributed by atoms with Crippen molar-refractivity contribution in [1.82, 2.24) is 19.7 Å². The van der Waals surface area contributed by atoms with Gasteiger partial charge < -0.3 is 4.74 Å². The lowest BCUT2D eigenvalue weighted by molar-refractivity contribution is -0.140. The van der Waals surface area contributed by atoms with Crippen molar-refractivity contribution < 1.29 is 22.3 Å². The molecule has 0 amide bonds. The van der Waals surface area contributed by atoms with Crippen molar-refractivity contribution in [2.24, 2.45) is 5.10 Å². The van der Waals surface area contributed by atoms with E-state index >= 15 is 0 Å². The minimum Gasteiger partial charge on any atom is -0.497 e. The molecule has 0 spiro atoms. The molecular weight excluding hydrogens is 416 g/mol. The Kier molecular flexibility index (Phi) is 5.24. The van der Waals surface area contributed by atoms with E-state index in [2.05, 4.69) is 25.6 Å². The van der Waals surface area contributed by atoms with Crippen molar-refractivity contribution in [2.45, 2.75) is 6.18 Å². The number of hydrogen-bond donors (Lipinski definition) is 1. The van der Waals surface area contributed by atoms with Gasteiger partial charge in [-0.05, 0) is 29.8 Å². The van der Waals surface area contributed by atoms with Crippen molar-refractivity contribution in [2.75, 3.05) is 12.5 Å². The molecule has 0 atom stereocenters. The van der Waals surface area contributed by atoms with E-state index < -0.39 is 17.6 Å². The van der Waals surface area contributed by atoms with Crippen LogP contribution in [0.25, 0.3) is 16.7 Å². The van der Waals surface area contributed by atoms with E-state index in [1.54, 1.807) is 30.1 Å². The summed E-state index contributed by atoms with van der Waals surface area (Å²) in [5.74, 6) is -0.398. The zero-order valence-electron chi connectivity index (χ0n) is 15.9. The highest BCUT2D eigenvalue weighted by atomic mass is 19.4. The van der Waals surface area contributed by atoms with E-state index in [1.165, 1.54) is 12.5 Å². The largest absolute Gasteiger partial charge is 0.497 e. The fourth-order valence-electron chi connectivity index (χ4n) is 2.87. The molecule has 0 aliphatic heterocycles. The summed E-state index contributed by atoms with van der Waals surface area (Å²) < 4.78 is 58.5. The van der Waals surface area contributed by atoms with Gasteiger partial charge in [-0.15, -0.1) is 0 Å². The Morgan fingerprint density at radius 2 is 1.97 bits per heavy atom. The molecule has 11 heteroatoms. The number of nitrogens with zero attached hydrogens (tertiary/aromatic N) is 5. The monoisotopic (exact) mass is 430 g/mol. The molecule has 7 nitrogen and oxygen atoms in total. The molecule has 4 rings (SSSR count). The van der Waals surface area contributed by atoms with Gasteiger partial charge in [0.05, 0.1) is 36.2 Å². The second kappa shape index (κ2) is 8.01. The average molecular weight is 430 g/mol. The van der Waals surface area contributed by atoms with E-state index in [0.717, 1.165) is 17.8 Å². The lowest BCUT2D eigenvalue weighted by Crippen LogP contribution is -2.08. The number of alkyl halides is 3. The van der Waals surface area contributed by atoms with Crippen molar-refractivity contribution >= 4 is 23.1 Å². The predicted octanol–water partition coefficient (Wildman–Crippen LogP) is 4.43.